The maximum absolute atomic E-state index is 12.4. The van der Waals surface area contributed by atoms with E-state index in [9.17, 15) is 9.59 Å². The zero-order chi connectivity index (χ0) is 13.3. The Bertz CT molecular complexity index is 472. The van der Waals surface area contributed by atoms with Crippen molar-refractivity contribution in [2.75, 3.05) is 12.8 Å². The number of thiophene rings is 1. The van der Waals surface area contributed by atoms with Gasteiger partial charge in [-0.05, 0) is 36.1 Å². The number of rotatable bonds is 3. The van der Waals surface area contributed by atoms with Crippen LogP contribution < -0.4 is 0 Å². The first-order valence-electron chi connectivity index (χ1n) is 5.69. The summed E-state index contributed by atoms with van der Waals surface area (Å²) in [4.78, 5) is 25.9. The Morgan fingerprint density at radius 3 is 2.94 bits per heavy atom. The van der Waals surface area contributed by atoms with Gasteiger partial charge in [0.15, 0.2) is 0 Å². The van der Waals surface area contributed by atoms with Crippen molar-refractivity contribution in [3.8, 4) is 0 Å². The number of hydrogen-bond acceptors (Lipinski definition) is 4. The summed E-state index contributed by atoms with van der Waals surface area (Å²) in [7, 11) is 1.56. The van der Waals surface area contributed by atoms with Crippen LogP contribution in [0.1, 0.15) is 22.6 Å². The van der Waals surface area contributed by atoms with Crippen LogP contribution in [-0.2, 0) is 16.0 Å². The summed E-state index contributed by atoms with van der Waals surface area (Å²) in [6, 6.07) is 1.19. The molecule has 0 spiro atoms. The predicted molar refractivity (Wildman–Crippen MR) is 73.1 cm³/mol. The summed E-state index contributed by atoms with van der Waals surface area (Å²) >= 11 is 3.27. The second-order valence-corrected chi connectivity index (χ2v) is 6.48. The van der Waals surface area contributed by atoms with E-state index in [1.807, 2.05) is 11.4 Å². The van der Waals surface area contributed by atoms with Gasteiger partial charge in [0.25, 0.3) is 0 Å². The van der Waals surface area contributed by atoms with Gasteiger partial charge in [0, 0.05) is 11.9 Å². The van der Waals surface area contributed by atoms with Crippen LogP contribution in [0.5, 0.6) is 0 Å². The van der Waals surface area contributed by atoms with Crippen LogP contribution in [0.4, 0.5) is 0 Å². The maximum atomic E-state index is 12.4. The number of likely N-dealkylation sites (N-methyl/N-ethyl adjacent to an activating group) is 1. The first-order valence-corrected chi connectivity index (χ1v) is 7.62. The van der Waals surface area contributed by atoms with E-state index in [0.717, 1.165) is 17.7 Å². The number of thioether (sulfide) groups is 1. The van der Waals surface area contributed by atoms with E-state index in [-0.39, 0.29) is 11.2 Å². The number of carboxylic acid groups (broad SMARTS) is 1. The molecule has 2 heterocycles. The number of aryl methyl sites for hydroxylation is 1. The van der Waals surface area contributed by atoms with Crippen molar-refractivity contribution in [1.29, 1.82) is 0 Å². The van der Waals surface area contributed by atoms with Crippen LogP contribution in [-0.4, -0.2) is 40.7 Å². The van der Waals surface area contributed by atoms with Gasteiger partial charge in [-0.15, -0.1) is 23.1 Å². The van der Waals surface area contributed by atoms with E-state index < -0.39 is 12.0 Å². The highest BCUT2D eigenvalue weighted by Crippen LogP contribution is 2.40. The average molecular weight is 285 g/mol. The minimum absolute atomic E-state index is 0.116. The number of fused-ring (bicyclic) bond motifs is 1. The van der Waals surface area contributed by atoms with Gasteiger partial charge in [0.1, 0.15) is 11.3 Å². The number of hydrogen-bond donors (Lipinski definition) is 1. The molecule has 0 saturated heterocycles. The molecular formula is C12H15NO3S2. The monoisotopic (exact) mass is 285 g/mol. The smallest absolute Gasteiger partial charge is 0.326 e. The normalized spacial score (nSPS) is 20.0. The molecule has 0 aromatic carbocycles. The molecule has 98 valence electrons. The number of nitrogens with zero attached hydrogens (tertiary/aromatic N) is 1. The molecule has 2 rings (SSSR count). The quantitative estimate of drug-likeness (QED) is 0.923. The molecule has 1 N–H and O–H groups in total. The van der Waals surface area contributed by atoms with Gasteiger partial charge >= 0.3 is 5.97 Å². The van der Waals surface area contributed by atoms with Crippen molar-refractivity contribution in [1.82, 2.24) is 4.90 Å². The first-order chi connectivity index (χ1) is 8.52. The molecule has 1 amide bonds. The van der Waals surface area contributed by atoms with Gasteiger partial charge < -0.3 is 10.0 Å². The van der Waals surface area contributed by atoms with Crippen molar-refractivity contribution in [3.63, 3.8) is 0 Å². The van der Waals surface area contributed by atoms with Gasteiger partial charge in [-0.2, -0.15) is 0 Å². The second-order valence-electron chi connectivity index (χ2n) is 4.26. The van der Waals surface area contributed by atoms with Crippen LogP contribution in [0.25, 0.3) is 0 Å². The highest BCUT2D eigenvalue weighted by molar-refractivity contribution is 8.00. The Kier molecular flexibility index (Phi) is 3.97. The van der Waals surface area contributed by atoms with Gasteiger partial charge in [-0.1, -0.05) is 0 Å². The third-order valence-corrected chi connectivity index (χ3v) is 5.41. The lowest BCUT2D eigenvalue weighted by Gasteiger charge is -2.28. The van der Waals surface area contributed by atoms with Crippen LogP contribution in [0.2, 0.25) is 0 Å². The highest BCUT2D eigenvalue weighted by Gasteiger charge is 2.33. The molecule has 0 aliphatic carbocycles. The Labute approximate surface area is 114 Å². The number of carbonyl (C=O) groups excluding carboxylic acids is 1. The Morgan fingerprint density at radius 1 is 1.56 bits per heavy atom. The average Bonchev–Trinajstić information content (AvgIpc) is 2.83. The molecule has 1 aromatic rings. The maximum Gasteiger partial charge on any atom is 0.326 e. The number of amides is 1. The van der Waals surface area contributed by atoms with E-state index in [1.165, 1.54) is 16.7 Å². The van der Waals surface area contributed by atoms with Crippen LogP contribution in [0.3, 0.4) is 0 Å². The molecule has 1 aliphatic rings. The molecule has 4 nitrogen and oxygen atoms in total. The lowest BCUT2D eigenvalue weighted by molar-refractivity contribution is -0.148. The van der Waals surface area contributed by atoms with Gasteiger partial charge in [-0.3, -0.25) is 4.79 Å². The number of carbonyl (C=O) groups is 2. The summed E-state index contributed by atoms with van der Waals surface area (Å²) in [5.74, 6) is -0.175. The van der Waals surface area contributed by atoms with E-state index in [2.05, 4.69) is 0 Å². The van der Waals surface area contributed by atoms with Crippen molar-refractivity contribution in [3.05, 3.63) is 21.9 Å². The summed E-state index contributed by atoms with van der Waals surface area (Å²) < 4.78 is 0. The van der Waals surface area contributed by atoms with Crippen molar-refractivity contribution >= 4 is 35.0 Å². The molecular weight excluding hydrogens is 270 g/mol. The zero-order valence-corrected chi connectivity index (χ0v) is 11.9. The lowest BCUT2D eigenvalue weighted by Crippen LogP contribution is -2.42. The SMILES string of the molecule is CC(C(=O)O)N(C)C(=O)C1SCCc2sccc21. The van der Waals surface area contributed by atoms with Gasteiger partial charge in [0.05, 0.1) is 0 Å². The van der Waals surface area contributed by atoms with Gasteiger partial charge in [0.2, 0.25) is 5.91 Å². The molecule has 2 unspecified atom stereocenters. The molecule has 6 heteroatoms. The van der Waals surface area contributed by atoms with Crippen molar-refractivity contribution < 1.29 is 14.7 Å². The molecule has 1 aliphatic heterocycles. The Balaban J connectivity index is 2.19. The van der Waals surface area contributed by atoms with E-state index in [4.69, 9.17) is 5.11 Å². The predicted octanol–water partition coefficient (Wildman–Crippen LogP) is 2.01. The molecule has 18 heavy (non-hydrogen) atoms. The van der Waals surface area contributed by atoms with Gasteiger partial charge in [-0.25, -0.2) is 4.79 Å². The topological polar surface area (TPSA) is 57.6 Å². The molecule has 1 aromatic heterocycles. The molecule has 0 bridgehead atoms. The second kappa shape index (κ2) is 5.32. The van der Waals surface area contributed by atoms with Crippen molar-refractivity contribution in [2.45, 2.75) is 24.6 Å². The van der Waals surface area contributed by atoms with E-state index in [1.54, 1.807) is 30.1 Å². The molecule has 0 radical (unpaired) electrons. The number of aliphatic carboxylic acids is 1. The minimum atomic E-state index is -0.975. The fraction of sp³-hybridized carbons (Fsp3) is 0.500. The Hall–Kier alpha value is -1.01. The van der Waals surface area contributed by atoms with E-state index in [0.29, 0.717) is 0 Å². The Morgan fingerprint density at radius 2 is 2.28 bits per heavy atom. The highest BCUT2D eigenvalue weighted by atomic mass is 32.2. The summed E-state index contributed by atoms with van der Waals surface area (Å²) in [6.07, 6.45) is 1.000. The van der Waals surface area contributed by atoms with Crippen LogP contribution in [0, 0.1) is 0 Å². The fourth-order valence-electron chi connectivity index (χ4n) is 1.89. The summed E-state index contributed by atoms with van der Waals surface area (Å²) in [5, 5.41) is 10.7. The third kappa shape index (κ3) is 2.40. The number of carboxylic acids is 1. The third-order valence-electron chi connectivity index (χ3n) is 3.19. The summed E-state index contributed by atoms with van der Waals surface area (Å²) in [6.45, 7) is 1.53. The largest absolute Gasteiger partial charge is 0.480 e. The van der Waals surface area contributed by atoms with Crippen molar-refractivity contribution in [2.24, 2.45) is 0 Å². The lowest BCUT2D eigenvalue weighted by atomic mass is 10.1. The van der Waals surface area contributed by atoms with Crippen LogP contribution >= 0.6 is 23.1 Å². The standard InChI is InChI=1S/C12H15NO3S2/c1-7(12(15)16)13(2)11(14)10-8-3-5-17-9(8)4-6-18-10/h3,5,7,10H,4,6H2,1-2H3,(H,15,16). The van der Waals surface area contributed by atoms with Crippen LogP contribution in [0.15, 0.2) is 11.4 Å². The first kappa shape index (κ1) is 13.4. The minimum Gasteiger partial charge on any atom is -0.480 e. The molecule has 0 saturated carbocycles. The molecule has 2 atom stereocenters. The fourth-order valence-corrected chi connectivity index (χ4v) is 4.28. The zero-order valence-electron chi connectivity index (χ0n) is 10.3. The summed E-state index contributed by atoms with van der Waals surface area (Å²) in [5.41, 5.74) is 1.06. The van der Waals surface area contributed by atoms with E-state index >= 15 is 0 Å². The molecule has 0 fully saturated rings.